The summed E-state index contributed by atoms with van der Waals surface area (Å²) in [6.45, 7) is 0.781. The van der Waals surface area contributed by atoms with E-state index in [0.29, 0.717) is 6.04 Å². The average Bonchev–Trinajstić information content (AvgIpc) is 2.95. The summed E-state index contributed by atoms with van der Waals surface area (Å²) in [5.41, 5.74) is 4.26. The summed E-state index contributed by atoms with van der Waals surface area (Å²) in [5.74, 6) is 1.01. The number of aryl methyl sites for hydroxylation is 2. The fourth-order valence-electron chi connectivity index (χ4n) is 3.09. The first-order chi connectivity index (χ1) is 10.4. The molecular weight excluding hydrogens is 258 g/mol. The van der Waals surface area contributed by atoms with Crippen molar-refractivity contribution < 1.29 is 4.74 Å². The number of hydrogen-bond acceptors (Lipinski definition) is 2. The quantitative estimate of drug-likeness (QED) is 0.811. The van der Waals surface area contributed by atoms with Crippen LogP contribution in [0.4, 0.5) is 0 Å². The molecule has 0 saturated heterocycles. The lowest BCUT2D eigenvalue weighted by molar-refractivity contribution is 0.310. The predicted molar refractivity (Wildman–Crippen MR) is 86.8 cm³/mol. The Hall–Kier alpha value is -1.80. The van der Waals surface area contributed by atoms with Crippen molar-refractivity contribution in [1.29, 1.82) is 0 Å². The molecule has 110 valence electrons. The molecule has 0 saturated carbocycles. The Morgan fingerprint density at radius 2 is 2.00 bits per heavy atom. The van der Waals surface area contributed by atoms with E-state index in [1.807, 2.05) is 7.05 Å². The lowest BCUT2D eigenvalue weighted by Gasteiger charge is -2.11. The van der Waals surface area contributed by atoms with Gasteiger partial charge in [-0.1, -0.05) is 36.4 Å². The summed E-state index contributed by atoms with van der Waals surface area (Å²) >= 11 is 0. The van der Waals surface area contributed by atoms with Gasteiger partial charge in [0.2, 0.25) is 0 Å². The highest BCUT2D eigenvalue weighted by molar-refractivity contribution is 5.40. The van der Waals surface area contributed by atoms with Crippen LogP contribution in [-0.4, -0.2) is 13.7 Å². The van der Waals surface area contributed by atoms with E-state index in [1.54, 1.807) is 0 Å². The van der Waals surface area contributed by atoms with Gasteiger partial charge in [-0.2, -0.15) is 0 Å². The third-order valence-corrected chi connectivity index (χ3v) is 4.26. The van der Waals surface area contributed by atoms with Crippen LogP contribution in [0.2, 0.25) is 0 Å². The SMILES string of the molecule is CNC1CCc2cc(OCCCc3ccccc3)ccc21. The lowest BCUT2D eigenvalue weighted by atomic mass is 10.1. The van der Waals surface area contributed by atoms with Crippen LogP contribution in [0.1, 0.15) is 35.6 Å². The third kappa shape index (κ3) is 3.45. The molecule has 1 atom stereocenters. The van der Waals surface area contributed by atoms with E-state index < -0.39 is 0 Å². The highest BCUT2D eigenvalue weighted by atomic mass is 16.5. The zero-order chi connectivity index (χ0) is 14.5. The Labute approximate surface area is 127 Å². The molecule has 0 aromatic heterocycles. The van der Waals surface area contributed by atoms with E-state index in [9.17, 15) is 0 Å². The van der Waals surface area contributed by atoms with Crippen molar-refractivity contribution in [3.8, 4) is 5.75 Å². The summed E-state index contributed by atoms with van der Waals surface area (Å²) in [7, 11) is 2.04. The monoisotopic (exact) mass is 281 g/mol. The molecule has 2 nitrogen and oxygen atoms in total. The number of ether oxygens (including phenoxy) is 1. The van der Waals surface area contributed by atoms with Crippen molar-refractivity contribution >= 4 is 0 Å². The van der Waals surface area contributed by atoms with Gasteiger partial charge in [-0.15, -0.1) is 0 Å². The van der Waals surface area contributed by atoms with Crippen molar-refractivity contribution in [3.63, 3.8) is 0 Å². The maximum atomic E-state index is 5.90. The van der Waals surface area contributed by atoms with Gasteiger partial charge in [0, 0.05) is 6.04 Å². The van der Waals surface area contributed by atoms with E-state index in [4.69, 9.17) is 4.74 Å². The second-order valence-electron chi connectivity index (χ2n) is 5.68. The van der Waals surface area contributed by atoms with Crippen LogP contribution in [0.15, 0.2) is 48.5 Å². The molecule has 1 aliphatic rings. The summed E-state index contributed by atoms with van der Waals surface area (Å²) < 4.78 is 5.90. The first-order valence-corrected chi connectivity index (χ1v) is 7.83. The predicted octanol–water partition coefficient (Wildman–Crippen LogP) is 3.90. The molecule has 3 rings (SSSR count). The van der Waals surface area contributed by atoms with Crippen LogP contribution < -0.4 is 10.1 Å². The molecule has 0 aliphatic heterocycles. The van der Waals surface area contributed by atoms with Crippen LogP contribution in [0.25, 0.3) is 0 Å². The van der Waals surface area contributed by atoms with Gasteiger partial charge in [0.05, 0.1) is 6.61 Å². The maximum absolute atomic E-state index is 5.90. The van der Waals surface area contributed by atoms with E-state index in [2.05, 4.69) is 53.8 Å². The van der Waals surface area contributed by atoms with Crippen molar-refractivity contribution in [3.05, 3.63) is 65.2 Å². The van der Waals surface area contributed by atoms with Crippen molar-refractivity contribution in [2.24, 2.45) is 0 Å². The zero-order valence-corrected chi connectivity index (χ0v) is 12.6. The van der Waals surface area contributed by atoms with Gasteiger partial charge in [-0.05, 0) is 61.6 Å². The maximum Gasteiger partial charge on any atom is 0.119 e. The minimum atomic E-state index is 0.520. The second kappa shape index (κ2) is 6.77. The van der Waals surface area contributed by atoms with Crippen LogP contribution in [-0.2, 0) is 12.8 Å². The van der Waals surface area contributed by atoms with Crippen molar-refractivity contribution in [2.45, 2.75) is 31.7 Å². The Balaban J connectivity index is 1.50. The van der Waals surface area contributed by atoms with E-state index in [-0.39, 0.29) is 0 Å². The Morgan fingerprint density at radius 1 is 1.14 bits per heavy atom. The highest BCUT2D eigenvalue weighted by Gasteiger charge is 2.20. The van der Waals surface area contributed by atoms with Gasteiger partial charge in [0.15, 0.2) is 0 Å². The first-order valence-electron chi connectivity index (χ1n) is 7.83. The van der Waals surface area contributed by atoms with Crippen LogP contribution >= 0.6 is 0 Å². The molecule has 0 spiro atoms. The van der Waals surface area contributed by atoms with Crippen molar-refractivity contribution in [2.75, 3.05) is 13.7 Å². The lowest BCUT2D eigenvalue weighted by Crippen LogP contribution is -2.12. The molecule has 2 aromatic rings. The van der Waals surface area contributed by atoms with Crippen LogP contribution in [0.3, 0.4) is 0 Å². The largest absolute Gasteiger partial charge is 0.494 e. The van der Waals surface area contributed by atoms with Gasteiger partial charge in [-0.25, -0.2) is 0 Å². The average molecular weight is 281 g/mol. The molecule has 21 heavy (non-hydrogen) atoms. The molecule has 2 heteroatoms. The smallest absolute Gasteiger partial charge is 0.119 e. The minimum absolute atomic E-state index is 0.520. The molecule has 1 aliphatic carbocycles. The van der Waals surface area contributed by atoms with Gasteiger partial charge < -0.3 is 10.1 Å². The van der Waals surface area contributed by atoms with Gasteiger partial charge in [-0.3, -0.25) is 0 Å². The molecule has 0 heterocycles. The third-order valence-electron chi connectivity index (χ3n) is 4.26. The van der Waals surface area contributed by atoms with E-state index >= 15 is 0 Å². The molecule has 2 aromatic carbocycles. The van der Waals surface area contributed by atoms with E-state index in [0.717, 1.165) is 31.6 Å². The molecule has 1 N–H and O–H groups in total. The van der Waals surface area contributed by atoms with Crippen LogP contribution in [0.5, 0.6) is 5.75 Å². The molecule has 0 fully saturated rings. The fraction of sp³-hybridized carbons (Fsp3) is 0.368. The number of benzene rings is 2. The molecule has 0 amide bonds. The van der Waals surface area contributed by atoms with Crippen molar-refractivity contribution in [1.82, 2.24) is 5.32 Å². The van der Waals surface area contributed by atoms with Crippen LogP contribution in [0, 0.1) is 0 Å². The molecular formula is C19H23NO. The topological polar surface area (TPSA) is 21.3 Å². The molecule has 1 unspecified atom stereocenters. The standard InChI is InChI=1S/C19H23NO/c1-20-19-12-9-16-14-17(10-11-18(16)19)21-13-5-8-15-6-3-2-4-7-15/h2-4,6-7,10-11,14,19-20H,5,8-9,12-13H2,1H3. The summed E-state index contributed by atoms with van der Waals surface area (Å²) in [6, 6.07) is 17.7. The molecule has 0 radical (unpaired) electrons. The first kappa shape index (κ1) is 14.2. The highest BCUT2D eigenvalue weighted by Crippen LogP contribution is 2.33. The summed E-state index contributed by atoms with van der Waals surface area (Å²) in [5, 5.41) is 3.37. The number of fused-ring (bicyclic) bond motifs is 1. The second-order valence-corrected chi connectivity index (χ2v) is 5.68. The normalized spacial score (nSPS) is 16.7. The Bertz CT molecular complexity index is 579. The number of nitrogens with one attached hydrogen (secondary N) is 1. The number of hydrogen-bond donors (Lipinski definition) is 1. The zero-order valence-electron chi connectivity index (χ0n) is 12.6. The summed E-state index contributed by atoms with van der Waals surface area (Å²) in [4.78, 5) is 0. The summed E-state index contributed by atoms with van der Waals surface area (Å²) in [6.07, 6.45) is 4.49. The van der Waals surface area contributed by atoms with Gasteiger partial charge in [0.25, 0.3) is 0 Å². The minimum Gasteiger partial charge on any atom is -0.494 e. The van der Waals surface area contributed by atoms with E-state index in [1.165, 1.54) is 23.1 Å². The fourth-order valence-corrected chi connectivity index (χ4v) is 3.09. The Morgan fingerprint density at radius 3 is 2.81 bits per heavy atom. The molecule has 0 bridgehead atoms. The Kier molecular flexibility index (Phi) is 4.56. The van der Waals surface area contributed by atoms with Gasteiger partial charge in [0.1, 0.15) is 5.75 Å². The van der Waals surface area contributed by atoms with Gasteiger partial charge >= 0.3 is 0 Å². The number of rotatable bonds is 6.